The summed E-state index contributed by atoms with van der Waals surface area (Å²) in [4.78, 5) is 20.0. The van der Waals surface area contributed by atoms with Crippen LogP contribution in [0.25, 0.3) is 15.7 Å². The molecule has 1 atom stereocenters. The van der Waals surface area contributed by atoms with Crippen molar-refractivity contribution in [2.24, 2.45) is 12.0 Å². The SMILES string of the molecule is [C-]#[N+]c1cccc([C@@H](C)N=c2nc(C)n(C)c3cnc(N4CC(C)(O)C4)cc23)c1C. The van der Waals surface area contributed by atoms with Crippen molar-refractivity contribution in [2.45, 2.75) is 39.3 Å². The van der Waals surface area contributed by atoms with E-state index in [0.717, 1.165) is 33.7 Å². The normalized spacial score (nSPS) is 17.0. The van der Waals surface area contributed by atoms with Gasteiger partial charge in [-0.3, -0.25) is 4.99 Å². The molecule has 1 aromatic carbocycles. The van der Waals surface area contributed by atoms with Crippen molar-refractivity contribution in [3.63, 3.8) is 0 Å². The topological polar surface area (TPSA) is 70.9 Å². The fraction of sp³-hybridized carbons (Fsp3) is 0.391. The molecule has 3 heterocycles. The number of hydrogen-bond donors (Lipinski definition) is 1. The van der Waals surface area contributed by atoms with Crippen LogP contribution in [0.2, 0.25) is 0 Å². The van der Waals surface area contributed by atoms with Gasteiger partial charge in [-0.25, -0.2) is 14.8 Å². The Morgan fingerprint density at radius 3 is 2.70 bits per heavy atom. The number of pyridine rings is 1. The zero-order valence-corrected chi connectivity index (χ0v) is 18.0. The molecular formula is C23H26N6O. The van der Waals surface area contributed by atoms with Crippen molar-refractivity contribution >= 4 is 22.4 Å². The van der Waals surface area contributed by atoms with Gasteiger partial charge in [0.25, 0.3) is 0 Å². The van der Waals surface area contributed by atoms with E-state index in [1.54, 1.807) is 0 Å². The monoisotopic (exact) mass is 402 g/mol. The fourth-order valence-electron chi connectivity index (χ4n) is 4.02. The summed E-state index contributed by atoms with van der Waals surface area (Å²) in [5.41, 5.74) is 3.58. The lowest BCUT2D eigenvalue weighted by atomic mass is 9.97. The van der Waals surface area contributed by atoms with Crippen LogP contribution in [0, 0.1) is 20.4 Å². The third-order valence-electron chi connectivity index (χ3n) is 5.84. The van der Waals surface area contributed by atoms with Crippen LogP contribution in [0.1, 0.15) is 36.8 Å². The summed E-state index contributed by atoms with van der Waals surface area (Å²) in [6.45, 7) is 16.3. The van der Waals surface area contributed by atoms with E-state index in [4.69, 9.17) is 16.5 Å². The summed E-state index contributed by atoms with van der Waals surface area (Å²) < 4.78 is 2.01. The quantitative estimate of drug-likeness (QED) is 0.682. The minimum atomic E-state index is -0.667. The molecule has 1 N–H and O–H groups in total. The van der Waals surface area contributed by atoms with Crippen LogP contribution in [0.15, 0.2) is 35.5 Å². The third kappa shape index (κ3) is 3.44. The van der Waals surface area contributed by atoms with Crippen LogP contribution in [-0.2, 0) is 7.05 Å². The van der Waals surface area contributed by atoms with Gasteiger partial charge in [0.2, 0.25) is 0 Å². The first-order valence-corrected chi connectivity index (χ1v) is 10.0. The van der Waals surface area contributed by atoms with Crippen molar-refractivity contribution in [3.8, 4) is 0 Å². The predicted octanol–water partition coefficient (Wildman–Crippen LogP) is 3.37. The largest absolute Gasteiger partial charge is 0.386 e. The number of aliphatic hydroxyl groups is 1. The summed E-state index contributed by atoms with van der Waals surface area (Å²) in [5, 5.41) is 11.0. The summed E-state index contributed by atoms with van der Waals surface area (Å²) in [7, 11) is 1.97. The van der Waals surface area contributed by atoms with Crippen molar-refractivity contribution < 1.29 is 5.11 Å². The van der Waals surface area contributed by atoms with E-state index in [2.05, 4.69) is 14.7 Å². The average Bonchev–Trinajstić information content (AvgIpc) is 2.69. The maximum atomic E-state index is 10.1. The highest BCUT2D eigenvalue weighted by Gasteiger charge is 2.37. The second-order valence-electron chi connectivity index (χ2n) is 8.36. The standard InChI is InChI=1S/C23H26N6O/c1-14-17(8-7-9-19(14)24-5)15(2)26-22-18-10-21(29-12-23(4,30)13-29)25-11-20(18)28(6)16(3)27-22/h7-11,15,30H,12-13H2,1-4,6H3/t15-/m1/s1. The van der Waals surface area contributed by atoms with Gasteiger partial charge in [-0.2, -0.15) is 0 Å². The lowest BCUT2D eigenvalue weighted by Crippen LogP contribution is -2.60. The van der Waals surface area contributed by atoms with Gasteiger partial charge in [-0.05, 0) is 44.9 Å². The maximum Gasteiger partial charge on any atom is 0.190 e. The Morgan fingerprint density at radius 2 is 2.03 bits per heavy atom. The van der Waals surface area contributed by atoms with Crippen LogP contribution in [0.4, 0.5) is 11.5 Å². The highest BCUT2D eigenvalue weighted by atomic mass is 16.3. The van der Waals surface area contributed by atoms with Crippen LogP contribution in [-0.4, -0.2) is 38.3 Å². The van der Waals surface area contributed by atoms with Crippen molar-refractivity contribution in [1.82, 2.24) is 14.5 Å². The molecule has 30 heavy (non-hydrogen) atoms. The van der Waals surface area contributed by atoms with Crippen LogP contribution < -0.4 is 10.4 Å². The first-order chi connectivity index (χ1) is 14.2. The van der Waals surface area contributed by atoms with E-state index in [9.17, 15) is 5.11 Å². The maximum absolute atomic E-state index is 10.1. The highest BCUT2D eigenvalue weighted by molar-refractivity contribution is 5.80. The summed E-state index contributed by atoms with van der Waals surface area (Å²) >= 11 is 0. The number of nitrogens with zero attached hydrogens (tertiary/aromatic N) is 6. The van der Waals surface area contributed by atoms with Crippen molar-refractivity contribution in [2.75, 3.05) is 18.0 Å². The number of benzene rings is 1. The van der Waals surface area contributed by atoms with Crippen molar-refractivity contribution in [1.29, 1.82) is 0 Å². The fourth-order valence-corrected chi connectivity index (χ4v) is 4.02. The Morgan fingerprint density at radius 1 is 1.30 bits per heavy atom. The number of rotatable bonds is 3. The van der Waals surface area contributed by atoms with Gasteiger partial charge >= 0.3 is 0 Å². The Labute approximate surface area is 176 Å². The number of anilines is 1. The van der Waals surface area contributed by atoms with Gasteiger partial charge in [0, 0.05) is 25.5 Å². The van der Waals surface area contributed by atoms with Gasteiger partial charge in [0.1, 0.15) is 11.6 Å². The Kier molecular flexibility index (Phi) is 4.83. The van der Waals surface area contributed by atoms with E-state index < -0.39 is 5.60 Å². The van der Waals surface area contributed by atoms with Gasteiger partial charge in [0.05, 0.1) is 29.9 Å². The molecule has 0 saturated carbocycles. The molecule has 0 bridgehead atoms. The Hall–Kier alpha value is -3.24. The molecular weight excluding hydrogens is 376 g/mol. The van der Waals surface area contributed by atoms with Crippen LogP contribution in [0.5, 0.6) is 0 Å². The summed E-state index contributed by atoms with van der Waals surface area (Å²) in [5.74, 6) is 1.66. The van der Waals surface area contributed by atoms with E-state index in [-0.39, 0.29) is 6.04 Å². The number of aryl methyl sites for hydroxylation is 2. The second-order valence-corrected chi connectivity index (χ2v) is 8.36. The third-order valence-corrected chi connectivity index (χ3v) is 5.84. The zero-order valence-electron chi connectivity index (χ0n) is 18.0. The molecule has 1 fully saturated rings. The lowest BCUT2D eigenvalue weighted by Gasteiger charge is -2.44. The van der Waals surface area contributed by atoms with Gasteiger partial charge in [-0.1, -0.05) is 18.2 Å². The smallest absolute Gasteiger partial charge is 0.190 e. The Balaban J connectivity index is 1.85. The van der Waals surface area contributed by atoms with Gasteiger partial charge < -0.3 is 14.6 Å². The highest BCUT2D eigenvalue weighted by Crippen LogP contribution is 2.29. The van der Waals surface area contributed by atoms with E-state index in [0.29, 0.717) is 24.3 Å². The van der Waals surface area contributed by atoms with E-state index in [1.165, 1.54) is 0 Å². The molecule has 0 amide bonds. The molecule has 1 aliphatic heterocycles. The minimum absolute atomic E-state index is 0.143. The molecule has 7 nitrogen and oxygen atoms in total. The molecule has 0 radical (unpaired) electrons. The van der Waals surface area contributed by atoms with Crippen LogP contribution >= 0.6 is 0 Å². The predicted molar refractivity (Wildman–Crippen MR) is 118 cm³/mol. The summed E-state index contributed by atoms with van der Waals surface area (Å²) in [6.07, 6.45) is 1.85. The zero-order chi connectivity index (χ0) is 21.6. The minimum Gasteiger partial charge on any atom is -0.386 e. The second kappa shape index (κ2) is 7.22. The van der Waals surface area contributed by atoms with E-state index >= 15 is 0 Å². The molecule has 154 valence electrons. The number of aromatic nitrogens is 3. The van der Waals surface area contributed by atoms with Gasteiger partial charge in [0.15, 0.2) is 11.2 Å². The number of β-amino-alcohol motifs (C(OH)–C–C–N with tert-alkyl or cyclic N) is 1. The number of hydrogen-bond acceptors (Lipinski definition) is 5. The summed E-state index contributed by atoms with van der Waals surface area (Å²) in [6, 6.07) is 7.62. The average molecular weight is 403 g/mol. The molecule has 0 spiro atoms. The molecule has 0 aliphatic carbocycles. The van der Waals surface area contributed by atoms with Crippen LogP contribution in [0.3, 0.4) is 0 Å². The molecule has 2 aromatic heterocycles. The molecule has 1 aliphatic rings. The number of fused-ring (bicyclic) bond motifs is 1. The van der Waals surface area contributed by atoms with Gasteiger partial charge in [-0.15, -0.1) is 0 Å². The lowest BCUT2D eigenvalue weighted by molar-refractivity contribution is 0.0305. The first-order valence-electron chi connectivity index (χ1n) is 10.0. The van der Waals surface area contributed by atoms with Crippen molar-refractivity contribution in [3.05, 3.63) is 64.3 Å². The Bertz CT molecular complexity index is 1240. The first kappa shape index (κ1) is 20.0. The molecule has 4 rings (SSSR count). The molecule has 7 heteroatoms. The molecule has 0 unspecified atom stereocenters. The molecule has 1 saturated heterocycles. The van der Waals surface area contributed by atoms with E-state index in [1.807, 2.05) is 69.8 Å². The molecule has 3 aromatic rings.